The summed E-state index contributed by atoms with van der Waals surface area (Å²) in [5, 5.41) is 4.25. The van der Waals surface area contributed by atoms with Crippen molar-refractivity contribution in [1.82, 2.24) is 10.2 Å². The van der Waals surface area contributed by atoms with Crippen molar-refractivity contribution in [3.8, 4) is 0 Å². The second kappa shape index (κ2) is 9.56. The molecule has 0 spiro atoms. The van der Waals surface area contributed by atoms with Crippen LogP contribution in [-0.2, 0) is 30.3 Å². The number of nitrogens with zero attached hydrogens (tertiary/aromatic N) is 1. The van der Waals surface area contributed by atoms with Crippen molar-refractivity contribution < 1.29 is 23.9 Å². The summed E-state index contributed by atoms with van der Waals surface area (Å²) in [4.78, 5) is 53.3. The van der Waals surface area contributed by atoms with Crippen LogP contribution < -0.4 is 5.32 Å². The van der Waals surface area contributed by atoms with Crippen LogP contribution in [0.4, 0.5) is 0 Å². The number of fused-ring (bicyclic) bond motifs is 1. The molecule has 1 aromatic rings. The molecule has 0 saturated carbocycles. The summed E-state index contributed by atoms with van der Waals surface area (Å²) in [5.41, 5.74) is -0.390. The molecule has 168 valence electrons. The number of esters is 1. The van der Waals surface area contributed by atoms with E-state index in [9.17, 15) is 19.2 Å². The van der Waals surface area contributed by atoms with Crippen molar-refractivity contribution in [3.63, 3.8) is 0 Å². The van der Waals surface area contributed by atoms with Crippen LogP contribution in [0.2, 0.25) is 0 Å². The van der Waals surface area contributed by atoms with Crippen LogP contribution in [0.3, 0.4) is 0 Å². The van der Waals surface area contributed by atoms with Crippen molar-refractivity contribution in [2.24, 2.45) is 0 Å². The minimum absolute atomic E-state index is 0.0357. The van der Waals surface area contributed by atoms with E-state index in [1.165, 1.54) is 28.0 Å². The van der Waals surface area contributed by atoms with E-state index in [1.807, 2.05) is 24.4 Å². The SMILES string of the molecule is CCCCC(=O)C1=C(C(=O)OC(C)(C)C)N2C(=O)C(NC(=O)Cc3cccs3)[C@H]2SC1. The van der Waals surface area contributed by atoms with Gasteiger partial charge < -0.3 is 10.1 Å². The third-order valence-electron chi connectivity index (χ3n) is 4.89. The Hall–Kier alpha value is -2.13. The van der Waals surface area contributed by atoms with Crippen LogP contribution in [0, 0.1) is 0 Å². The number of thioether (sulfide) groups is 1. The number of carbonyl (C=O) groups is 4. The fourth-order valence-corrected chi connectivity index (χ4v) is 5.51. The van der Waals surface area contributed by atoms with E-state index in [4.69, 9.17) is 4.74 Å². The van der Waals surface area contributed by atoms with Gasteiger partial charge >= 0.3 is 5.97 Å². The number of nitrogens with one attached hydrogen (secondary N) is 1. The average Bonchev–Trinajstić information content (AvgIpc) is 3.20. The maximum Gasteiger partial charge on any atom is 0.356 e. The molecular formula is C22H28N2O5S2. The largest absolute Gasteiger partial charge is 0.455 e. The van der Waals surface area contributed by atoms with Gasteiger partial charge in [0.25, 0.3) is 5.91 Å². The zero-order valence-corrected chi connectivity index (χ0v) is 19.9. The summed E-state index contributed by atoms with van der Waals surface area (Å²) in [6.07, 6.45) is 2.10. The molecule has 1 unspecified atom stereocenters. The number of Topliss-reactive ketones (excluding diaryl/α,β-unsaturated/α-hetero) is 1. The van der Waals surface area contributed by atoms with E-state index in [2.05, 4.69) is 5.32 Å². The molecule has 7 nitrogen and oxygen atoms in total. The lowest BCUT2D eigenvalue weighted by atomic mass is 9.98. The highest BCUT2D eigenvalue weighted by molar-refractivity contribution is 8.00. The van der Waals surface area contributed by atoms with Crippen molar-refractivity contribution in [3.05, 3.63) is 33.7 Å². The number of hydrogen-bond donors (Lipinski definition) is 1. The van der Waals surface area contributed by atoms with Crippen molar-refractivity contribution in [2.75, 3.05) is 5.75 Å². The highest BCUT2D eigenvalue weighted by atomic mass is 32.2. The predicted octanol–water partition coefficient (Wildman–Crippen LogP) is 3.05. The molecule has 0 radical (unpaired) electrons. The summed E-state index contributed by atoms with van der Waals surface area (Å²) < 4.78 is 5.51. The first kappa shape index (κ1) is 23.5. The number of carbonyl (C=O) groups excluding carboxylic acids is 4. The molecule has 9 heteroatoms. The predicted molar refractivity (Wildman–Crippen MR) is 120 cm³/mol. The molecule has 2 atom stereocenters. The molecule has 0 aromatic carbocycles. The summed E-state index contributed by atoms with van der Waals surface area (Å²) >= 11 is 2.87. The van der Waals surface area contributed by atoms with Crippen molar-refractivity contribution >= 4 is 46.7 Å². The molecule has 0 aliphatic carbocycles. The van der Waals surface area contributed by atoms with Gasteiger partial charge in [-0.15, -0.1) is 23.1 Å². The summed E-state index contributed by atoms with van der Waals surface area (Å²) in [6, 6.07) is 3.02. The van der Waals surface area contributed by atoms with E-state index in [0.29, 0.717) is 24.2 Å². The van der Waals surface area contributed by atoms with Gasteiger partial charge in [-0.3, -0.25) is 19.3 Å². The number of rotatable bonds is 8. The quantitative estimate of drug-likeness (QED) is 0.470. The lowest BCUT2D eigenvalue weighted by molar-refractivity contribution is -0.159. The first-order valence-corrected chi connectivity index (χ1v) is 12.3. The van der Waals surface area contributed by atoms with Gasteiger partial charge in [0, 0.05) is 22.6 Å². The van der Waals surface area contributed by atoms with Gasteiger partial charge in [0.05, 0.1) is 6.42 Å². The average molecular weight is 465 g/mol. The summed E-state index contributed by atoms with van der Waals surface area (Å²) in [5.74, 6) is -1.13. The van der Waals surface area contributed by atoms with Crippen LogP contribution in [-0.4, -0.2) is 51.2 Å². The van der Waals surface area contributed by atoms with Crippen LogP contribution in [0.1, 0.15) is 51.8 Å². The van der Waals surface area contributed by atoms with Gasteiger partial charge in [0.2, 0.25) is 5.91 Å². The number of ether oxygens (including phenoxy) is 1. The van der Waals surface area contributed by atoms with E-state index in [-0.39, 0.29) is 23.8 Å². The zero-order chi connectivity index (χ0) is 22.8. The molecule has 1 saturated heterocycles. The van der Waals surface area contributed by atoms with Crippen molar-refractivity contribution in [1.29, 1.82) is 0 Å². The van der Waals surface area contributed by atoms with Gasteiger partial charge in [0.15, 0.2) is 5.78 Å². The Morgan fingerprint density at radius 3 is 2.65 bits per heavy atom. The molecule has 1 N–H and O–H groups in total. The molecule has 1 fully saturated rings. The van der Waals surface area contributed by atoms with E-state index < -0.39 is 28.9 Å². The smallest absolute Gasteiger partial charge is 0.356 e. The topological polar surface area (TPSA) is 92.8 Å². The van der Waals surface area contributed by atoms with Gasteiger partial charge in [-0.05, 0) is 38.6 Å². The number of amides is 2. The van der Waals surface area contributed by atoms with E-state index >= 15 is 0 Å². The Morgan fingerprint density at radius 1 is 1.29 bits per heavy atom. The fraction of sp³-hybridized carbons (Fsp3) is 0.545. The Balaban J connectivity index is 1.80. The van der Waals surface area contributed by atoms with Gasteiger partial charge in [0.1, 0.15) is 22.7 Å². The molecular weight excluding hydrogens is 436 g/mol. The van der Waals surface area contributed by atoms with Crippen LogP contribution in [0.25, 0.3) is 0 Å². The number of thiophene rings is 1. The standard InChI is InChI=1S/C22H28N2O5S2/c1-5-6-9-15(25)14-12-31-20-17(23-16(26)11-13-8-7-10-30-13)19(27)24(20)18(14)21(28)29-22(2,3)4/h7-8,10,17,20H,5-6,9,11-12H2,1-4H3,(H,23,26)/t17?,20-/m1/s1. The van der Waals surface area contributed by atoms with Gasteiger partial charge in [-0.1, -0.05) is 19.4 Å². The number of hydrogen-bond acceptors (Lipinski definition) is 7. The number of unbranched alkanes of at least 4 members (excludes halogenated alkanes) is 1. The van der Waals surface area contributed by atoms with Crippen LogP contribution in [0.15, 0.2) is 28.8 Å². The number of ketones is 1. The Labute approximate surface area is 190 Å². The van der Waals surface area contributed by atoms with E-state index in [0.717, 1.165) is 11.3 Å². The van der Waals surface area contributed by atoms with Crippen LogP contribution in [0.5, 0.6) is 0 Å². The molecule has 31 heavy (non-hydrogen) atoms. The van der Waals surface area contributed by atoms with Gasteiger partial charge in [-0.25, -0.2) is 4.79 Å². The lowest BCUT2D eigenvalue weighted by Gasteiger charge is -2.49. The zero-order valence-electron chi connectivity index (χ0n) is 18.2. The fourth-order valence-electron chi connectivity index (χ4n) is 3.43. The van der Waals surface area contributed by atoms with Crippen LogP contribution >= 0.6 is 23.1 Å². The highest BCUT2D eigenvalue weighted by Crippen LogP contribution is 2.41. The lowest BCUT2D eigenvalue weighted by Crippen LogP contribution is -2.71. The Bertz CT molecular complexity index is 902. The Kier molecular flexibility index (Phi) is 7.26. The monoisotopic (exact) mass is 464 g/mol. The third kappa shape index (κ3) is 5.38. The third-order valence-corrected chi connectivity index (χ3v) is 7.04. The second-order valence-electron chi connectivity index (χ2n) is 8.57. The molecule has 2 aliphatic heterocycles. The molecule has 3 rings (SSSR count). The maximum absolute atomic E-state index is 13.0. The normalized spacial score (nSPS) is 20.8. The summed E-state index contributed by atoms with van der Waals surface area (Å²) in [7, 11) is 0. The minimum atomic E-state index is -0.760. The van der Waals surface area contributed by atoms with Crippen molar-refractivity contribution in [2.45, 2.75) is 70.4 Å². The Morgan fingerprint density at radius 2 is 2.03 bits per heavy atom. The van der Waals surface area contributed by atoms with E-state index in [1.54, 1.807) is 20.8 Å². The maximum atomic E-state index is 13.0. The van der Waals surface area contributed by atoms with Gasteiger partial charge in [-0.2, -0.15) is 0 Å². The molecule has 1 aromatic heterocycles. The molecule has 0 bridgehead atoms. The first-order chi connectivity index (χ1) is 14.6. The minimum Gasteiger partial charge on any atom is -0.455 e. The number of β-lactam (4-membered cyclic amide) rings is 1. The molecule has 2 amide bonds. The second-order valence-corrected chi connectivity index (χ2v) is 10.7. The first-order valence-electron chi connectivity index (χ1n) is 10.4. The molecule has 2 aliphatic rings. The highest BCUT2D eigenvalue weighted by Gasteiger charge is 2.55. The summed E-state index contributed by atoms with van der Waals surface area (Å²) in [6.45, 7) is 7.21. The molecule has 3 heterocycles.